The van der Waals surface area contributed by atoms with Crippen LogP contribution in [0.4, 0.5) is 0 Å². The lowest BCUT2D eigenvalue weighted by Gasteiger charge is -1.93. The SMILES string of the molecule is N#CCCCCO[n+]1ccsc1. The highest BCUT2D eigenvalue weighted by Crippen LogP contribution is 1.92. The first kappa shape index (κ1) is 9.01. The van der Waals surface area contributed by atoms with E-state index in [4.69, 9.17) is 10.1 Å². The molecule has 0 unspecified atom stereocenters. The van der Waals surface area contributed by atoms with Gasteiger partial charge in [0, 0.05) is 11.2 Å². The van der Waals surface area contributed by atoms with Crippen LogP contribution in [0.15, 0.2) is 17.1 Å². The maximum atomic E-state index is 8.26. The van der Waals surface area contributed by atoms with Crippen molar-refractivity contribution in [3.8, 4) is 6.07 Å². The van der Waals surface area contributed by atoms with Crippen molar-refractivity contribution < 1.29 is 9.57 Å². The van der Waals surface area contributed by atoms with Gasteiger partial charge in [-0.05, 0) is 12.8 Å². The lowest BCUT2D eigenvalue weighted by molar-refractivity contribution is -0.888. The summed E-state index contributed by atoms with van der Waals surface area (Å²) in [6.45, 7) is 0.684. The van der Waals surface area contributed by atoms with E-state index >= 15 is 0 Å². The molecule has 1 rings (SSSR count). The molecular formula is C8H11N2OS+. The molecule has 1 aromatic rings. The summed E-state index contributed by atoms with van der Waals surface area (Å²) >= 11 is 1.59. The van der Waals surface area contributed by atoms with Gasteiger partial charge in [0.1, 0.15) is 0 Å². The van der Waals surface area contributed by atoms with Gasteiger partial charge in [-0.25, -0.2) is 0 Å². The molecule has 64 valence electrons. The van der Waals surface area contributed by atoms with Crippen molar-refractivity contribution in [2.24, 2.45) is 0 Å². The minimum absolute atomic E-state index is 0.623. The second-order valence-electron chi connectivity index (χ2n) is 2.33. The van der Waals surface area contributed by atoms with Crippen LogP contribution in [0.25, 0.3) is 0 Å². The lowest BCUT2D eigenvalue weighted by atomic mass is 10.3. The molecule has 0 atom stereocenters. The van der Waals surface area contributed by atoms with Gasteiger partial charge in [0.2, 0.25) is 6.20 Å². The van der Waals surface area contributed by atoms with Crippen molar-refractivity contribution >= 4 is 11.3 Å². The molecule has 0 saturated heterocycles. The quantitative estimate of drug-likeness (QED) is 0.507. The van der Waals surface area contributed by atoms with E-state index in [-0.39, 0.29) is 0 Å². The molecule has 0 fully saturated rings. The smallest absolute Gasteiger partial charge is 0.271 e. The Kier molecular flexibility index (Phi) is 4.17. The van der Waals surface area contributed by atoms with E-state index in [0.717, 1.165) is 12.8 Å². The number of nitrogens with zero attached hydrogens (tertiary/aromatic N) is 2. The monoisotopic (exact) mass is 183 g/mol. The molecule has 4 heteroatoms. The number of hydrogen-bond donors (Lipinski definition) is 0. The first-order valence-electron chi connectivity index (χ1n) is 3.87. The highest BCUT2D eigenvalue weighted by atomic mass is 32.1. The maximum Gasteiger partial charge on any atom is 0.276 e. The van der Waals surface area contributed by atoms with Crippen LogP contribution in [-0.2, 0) is 0 Å². The highest BCUT2D eigenvalue weighted by Gasteiger charge is 1.99. The Morgan fingerprint density at radius 3 is 3.08 bits per heavy atom. The molecule has 0 amide bonds. The standard InChI is InChI=1S/C8H11N2OS/c9-4-2-1-3-6-11-10-5-7-12-8-10/h5,7-8H,1-3,6H2/q+1. The average Bonchev–Trinajstić information content (AvgIpc) is 2.57. The second-order valence-corrected chi connectivity index (χ2v) is 3.09. The summed E-state index contributed by atoms with van der Waals surface area (Å²) in [5.74, 6) is 0. The molecule has 0 aliphatic heterocycles. The van der Waals surface area contributed by atoms with Gasteiger partial charge in [-0.3, -0.25) is 4.84 Å². The van der Waals surface area contributed by atoms with Gasteiger partial charge in [-0.2, -0.15) is 5.26 Å². The van der Waals surface area contributed by atoms with Crippen LogP contribution in [0.3, 0.4) is 0 Å². The van der Waals surface area contributed by atoms with E-state index < -0.39 is 0 Å². The fraction of sp³-hybridized carbons (Fsp3) is 0.500. The van der Waals surface area contributed by atoms with E-state index in [1.165, 1.54) is 0 Å². The molecule has 0 aliphatic rings. The Balaban J connectivity index is 2.01. The maximum absolute atomic E-state index is 8.26. The van der Waals surface area contributed by atoms with E-state index in [0.29, 0.717) is 13.0 Å². The molecule has 0 spiro atoms. The van der Waals surface area contributed by atoms with E-state index in [2.05, 4.69) is 6.07 Å². The van der Waals surface area contributed by atoms with Crippen molar-refractivity contribution in [3.63, 3.8) is 0 Å². The zero-order valence-electron chi connectivity index (χ0n) is 6.77. The number of rotatable bonds is 5. The van der Waals surface area contributed by atoms with Gasteiger partial charge in [-0.15, -0.1) is 0 Å². The Morgan fingerprint density at radius 1 is 1.50 bits per heavy atom. The van der Waals surface area contributed by atoms with Gasteiger partial charge in [0.15, 0.2) is 6.61 Å². The van der Waals surface area contributed by atoms with Crippen molar-refractivity contribution in [1.82, 2.24) is 0 Å². The molecule has 0 N–H and O–H groups in total. The zero-order chi connectivity index (χ0) is 8.65. The summed E-state index contributed by atoms with van der Waals surface area (Å²) in [5.41, 5.74) is 1.89. The molecule has 0 aliphatic carbocycles. The van der Waals surface area contributed by atoms with Crippen molar-refractivity contribution in [2.75, 3.05) is 6.61 Å². The summed E-state index contributed by atoms with van der Waals surface area (Å²) in [5, 5.41) is 10.2. The summed E-state index contributed by atoms with van der Waals surface area (Å²) in [4.78, 5) is 5.31. The van der Waals surface area contributed by atoms with Crippen molar-refractivity contribution in [3.05, 3.63) is 17.1 Å². The van der Waals surface area contributed by atoms with Gasteiger partial charge < -0.3 is 0 Å². The first-order chi connectivity index (χ1) is 5.93. The first-order valence-corrected chi connectivity index (χ1v) is 4.81. The summed E-state index contributed by atoms with van der Waals surface area (Å²) in [6, 6.07) is 2.10. The zero-order valence-corrected chi connectivity index (χ0v) is 7.59. The third-order valence-corrected chi connectivity index (χ3v) is 1.98. The van der Waals surface area contributed by atoms with Gasteiger partial charge in [-0.1, -0.05) is 11.3 Å². The minimum atomic E-state index is 0.623. The van der Waals surface area contributed by atoms with Gasteiger partial charge in [0.05, 0.1) is 11.4 Å². The van der Waals surface area contributed by atoms with Crippen LogP contribution >= 0.6 is 11.3 Å². The number of thiazole rings is 1. The van der Waals surface area contributed by atoms with E-state index in [9.17, 15) is 0 Å². The largest absolute Gasteiger partial charge is 0.276 e. The minimum Gasteiger partial charge on any atom is -0.271 e. The van der Waals surface area contributed by atoms with E-state index in [1.807, 2.05) is 17.1 Å². The van der Waals surface area contributed by atoms with Crippen LogP contribution in [0.5, 0.6) is 0 Å². The van der Waals surface area contributed by atoms with Gasteiger partial charge >= 0.3 is 0 Å². The molecule has 0 radical (unpaired) electrons. The summed E-state index contributed by atoms with van der Waals surface area (Å²) < 4.78 is 1.69. The molecule has 0 saturated carbocycles. The predicted octanol–water partition coefficient (Wildman–Crippen LogP) is 1.16. The number of aromatic nitrogens is 1. The highest BCUT2D eigenvalue weighted by molar-refractivity contribution is 7.07. The summed E-state index contributed by atoms with van der Waals surface area (Å²) in [7, 11) is 0. The van der Waals surface area contributed by atoms with Crippen molar-refractivity contribution in [1.29, 1.82) is 5.26 Å². The third kappa shape index (κ3) is 3.35. The van der Waals surface area contributed by atoms with Crippen LogP contribution in [0, 0.1) is 11.3 Å². The number of unbranched alkanes of at least 4 members (excludes halogenated alkanes) is 2. The third-order valence-electron chi connectivity index (χ3n) is 1.37. The van der Waals surface area contributed by atoms with Crippen LogP contribution < -0.4 is 9.57 Å². The van der Waals surface area contributed by atoms with Crippen molar-refractivity contribution in [2.45, 2.75) is 19.3 Å². The molecule has 0 aromatic carbocycles. The Bertz CT molecular complexity index is 240. The Morgan fingerprint density at radius 2 is 2.42 bits per heavy atom. The van der Waals surface area contributed by atoms with Crippen LogP contribution in [0.2, 0.25) is 0 Å². The Hall–Kier alpha value is -1.08. The molecule has 12 heavy (non-hydrogen) atoms. The second kappa shape index (κ2) is 5.56. The molecule has 1 heterocycles. The van der Waals surface area contributed by atoms with Gasteiger partial charge in [0.25, 0.3) is 5.51 Å². The fourth-order valence-electron chi connectivity index (χ4n) is 0.775. The fourth-order valence-corrected chi connectivity index (χ4v) is 1.29. The molecule has 0 bridgehead atoms. The molecule has 1 aromatic heterocycles. The lowest BCUT2D eigenvalue weighted by Crippen LogP contribution is -2.40. The predicted molar refractivity (Wildman–Crippen MR) is 45.4 cm³/mol. The number of nitriles is 1. The summed E-state index contributed by atoms with van der Waals surface area (Å²) in [6.07, 6.45) is 4.35. The Labute approximate surface area is 75.8 Å². The normalized spacial score (nSPS) is 9.25. The van der Waals surface area contributed by atoms with E-state index in [1.54, 1.807) is 16.1 Å². The number of hydrogen-bond acceptors (Lipinski definition) is 3. The van der Waals surface area contributed by atoms with Crippen LogP contribution in [0.1, 0.15) is 19.3 Å². The average molecular weight is 183 g/mol. The molecular weight excluding hydrogens is 172 g/mol. The van der Waals surface area contributed by atoms with Crippen LogP contribution in [-0.4, -0.2) is 6.61 Å². The molecule has 3 nitrogen and oxygen atoms in total. The topological polar surface area (TPSA) is 36.9 Å².